The van der Waals surface area contributed by atoms with Crippen molar-refractivity contribution in [3.8, 4) is 17.9 Å². The summed E-state index contributed by atoms with van der Waals surface area (Å²) in [6, 6.07) is 11.5. The molecule has 0 aliphatic heterocycles. The Kier molecular flexibility index (Phi) is 2.13. The molecule has 0 atom stereocenters. The van der Waals surface area contributed by atoms with Crippen molar-refractivity contribution >= 4 is 10.8 Å². The summed E-state index contributed by atoms with van der Waals surface area (Å²) in [6.45, 7) is 0. The number of rotatable bonds is 0. The molecule has 0 spiro atoms. The van der Waals surface area contributed by atoms with E-state index >= 15 is 0 Å². The van der Waals surface area contributed by atoms with Gasteiger partial charge in [-0.15, -0.1) is 0 Å². The van der Waals surface area contributed by atoms with E-state index in [1.807, 2.05) is 30.3 Å². The smallest absolute Gasteiger partial charge is 0.152 e. The predicted molar refractivity (Wildman–Crippen MR) is 54.2 cm³/mol. The molecule has 1 heterocycles. The second-order valence-electron chi connectivity index (χ2n) is 2.74. The Labute approximate surface area is 81.8 Å². The highest BCUT2D eigenvalue weighted by molar-refractivity contribution is 5.86. The molecule has 0 amide bonds. The molecule has 0 radical (unpaired) electrons. The zero-order valence-corrected chi connectivity index (χ0v) is 7.36. The van der Waals surface area contributed by atoms with Crippen LogP contribution in [0.4, 0.5) is 0 Å². The van der Waals surface area contributed by atoms with Crippen molar-refractivity contribution in [3.63, 3.8) is 0 Å². The molecule has 0 N–H and O–H groups in total. The van der Waals surface area contributed by atoms with E-state index in [1.165, 1.54) is 0 Å². The summed E-state index contributed by atoms with van der Waals surface area (Å²) in [5, 5.41) is 10.4. The van der Waals surface area contributed by atoms with Gasteiger partial charge in [-0.25, -0.2) is 4.98 Å². The molecule has 0 aliphatic rings. The van der Waals surface area contributed by atoms with Crippen LogP contribution >= 0.6 is 0 Å². The van der Waals surface area contributed by atoms with Crippen LogP contribution in [-0.4, -0.2) is 4.98 Å². The molecule has 64 valence electrons. The van der Waals surface area contributed by atoms with Gasteiger partial charge in [-0.3, -0.25) is 0 Å². The van der Waals surface area contributed by atoms with Crippen molar-refractivity contribution in [2.45, 2.75) is 0 Å². The average molecular weight is 178 g/mol. The van der Waals surface area contributed by atoms with E-state index in [0.29, 0.717) is 5.69 Å². The lowest BCUT2D eigenvalue weighted by atomic mass is 10.1. The van der Waals surface area contributed by atoms with Crippen molar-refractivity contribution in [1.82, 2.24) is 4.98 Å². The molecule has 0 fully saturated rings. The van der Waals surface area contributed by atoms with Crippen LogP contribution in [0.2, 0.25) is 0 Å². The van der Waals surface area contributed by atoms with E-state index in [0.717, 1.165) is 10.8 Å². The fourth-order valence-electron chi connectivity index (χ4n) is 1.31. The lowest BCUT2D eigenvalue weighted by Crippen LogP contribution is -1.83. The standard InChI is InChI=1S/C12H6N2/c13-8-3-6-12-11-5-2-1-4-10(11)7-9-14-12/h1-2,4-5,7,9H. The largest absolute Gasteiger partial charge is 0.247 e. The van der Waals surface area contributed by atoms with Gasteiger partial charge in [0.05, 0.1) is 0 Å². The minimum atomic E-state index is 0.657. The first-order valence-corrected chi connectivity index (χ1v) is 4.15. The van der Waals surface area contributed by atoms with Crippen molar-refractivity contribution in [2.24, 2.45) is 0 Å². The van der Waals surface area contributed by atoms with Gasteiger partial charge >= 0.3 is 0 Å². The van der Waals surface area contributed by atoms with E-state index in [1.54, 1.807) is 12.3 Å². The molecule has 2 rings (SSSR count). The van der Waals surface area contributed by atoms with Crippen LogP contribution in [0, 0.1) is 23.2 Å². The molecule has 2 nitrogen and oxygen atoms in total. The quantitative estimate of drug-likeness (QED) is 0.579. The number of hydrogen-bond acceptors (Lipinski definition) is 2. The molecule has 0 saturated heterocycles. The molecular weight excluding hydrogens is 172 g/mol. The SMILES string of the molecule is N#CC#Cc1nccc2ccccc12. The Morgan fingerprint density at radius 1 is 1.14 bits per heavy atom. The fourth-order valence-corrected chi connectivity index (χ4v) is 1.31. The maximum absolute atomic E-state index is 8.35. The highest BCUT2D eigenvalue weighted by atomic mass is 14.7. The molecule has 0 unspecified atom stereocenters. The Morgan fingerprint density at radius 2 is 2.00 bits per heavy atom. The molecular formula is C12H6N2. The number of hydrogen-bond donors (Lipinski definition) is 0. The number of nitrogens with zero attached hydrogens (tertiary/aromatic N) is 2. The minimum Gasteiger partial charge on any atom is -0.247 e. The lowest BCUT2D eigenvalue weighted by molar-refractivity contribution is 1.32. The number of aromatic nitrogens is 1. The van der Waals surface area contributed by atoms with Gasteiger partial charge in [0, 0.05) is 17.5 Å². The first kappa shape index (κ1) is 8.29. The maximum Gasteiger partial charge on any atom is 0.152 e. The second kappa shape index (κ2) is 3.60. The predicted octanol–water partition coefficient (Wildman–Crippen LogP) is 2.11. The zero-order valence-electron chi connectivity index (χ0n) is 7.36. The molecule has 14 heavy (non-hydrogen) atoms. The van der Waals surface area contributed by atoms with Crippen LogP contribution in [0.25, 0.3) is 10.8 Å². The van der Waals surface area contributed by atoms with Gasteiger partial charge in [0.2, 0.25) is 0 Å². The summed E-state index contributed by atoms with van der Waals surface area (Å²) in [5.41, 5.74) is 0.657. The van der Waals surface area contributed by atoms with Gasteiger partial charge < -0.3 is 0 Å². The van der Waals surface area contributed by atoms with Gasteiger partial charge in [0.1, 0.15) is 5.69 Å². The number of pyridine rings is 1. The molecule has 2 aromatic rings. The summed E-state index contributed by atoms with van der Waals surface area (Å²) >= 11 is 0. The van der Waals surface area contributed by atoms with Gasteiger partial charge in [-0.05, 0) is 17.4 Å². The van der Waals surface area contributed by atoms with Crippen LogP contribution < -0.4 is 0 Å². The molecule has 1 aromatic carbocycles. The number of nitriles is 1. The fraction of sp³-hybridized carbons (Fsp3) is 0. The Balaban J connectivity index is 2.72. The third-order valence-corrected chi connectivity index (χ3v) is 1.91. The molecule has 0 saturated carbocycles. The molecule has 0 aliphatic carbocycles. The Hall–Kier alpha value is -2.32. The summed E-state index contributed by atoms with van der Waals surface area (Å²) < 4.78 is 0. The zero-order chi connectivity index (χ0) is 9.80. The monoisotopic (exact) mass is 178 g/mol. The van der Waals surface area contributed by atoms with E-state index in [4.69, 9.17) is 5.26 Å². The highest BCUT2D eigenvalue weighted by Crippen LogP contribution is 2.14. The number of fused-ring (bicyclic) bond motifs is 1. The third-order valence-electron chi connectivity index (χ3n) is 1.91. The van der Waals surface area contributed by atoms with Crippen molar-refractivity contribution in [2.75, 3.05) is 0 Å². The van der Waals surface area contributed by atoms with E-state index in [9.17, 15) is 0 Å². The lowest BCUT2D eigenvalue weighted by Gasteiger charge is -1.97. The highest BCUT2D eigenvalue weighted by Gasteiger charge is 1.96. The first-order valence-electron chi connectivity index (χ1n) is 4.15. The van der Waals surface area contributed by atoms with Gasteiger partial charge in [-0.2, -0.15) is 5.26 Å². The van der Waals surface area contributed by atoms with Crippen LogP contribution in [-0.2, 0) is 0 Å². The Morgan fingerprint density at radius 3 is 2.86 bits per heavy atom. The molecule has 0 bridgehead atoms. The summed E-state index contributed by atoms with van der Waals surface area (Å²) in [4.78, 5) is 4.12. The van der Waals surface area contributed by atoms with E-state index < -0.39 is 0 Å². The van der Waals surface area contributed by atoms with Gasteiger partial charge in [0.25, 0.3) is 0 Å². The van der Waals surface area contributed by atoms with Gasteiger partial charge in [-0.1, -0.05) is 24.3 Å². The maximum atomic E-state index is 8.35. The van der Waals surface area contributed by atoms with Crippen molar-refractivity contribution in [1.29, 1.82) is 5.26 Å². The Bertz CT molecular complexity index is 563. The van der Waals surface area contributed by atoms with Crippen LogP contribution in [0.3, 0.4) is 0 Å². The number of benzene rings is 1. The molecule has 1 aromatic heterocycles. The van der Waals surface area contributed by atoms with E-state index in [2.05, 4.69) is 16.8 Å². The van der Waals surface area contributed by atoms with Crippen molar-refractivity contribution < 1.29 is 0 Å². The summed E-state index contributed by atoms with van der Waals surface area (Å²) in [7, 11) is 0. The van der Waals surface area contributed by atoms with Crippen LogP contribution in [0.15, 0.2) is 36.5 Å². The van der Waals surface area contributed by atoms with Crippen molar-refractivity contribution in [3.05, 3.63) is 42.2 Å². The summed E-state index contributed by atoms with van der Waals surface area (Å²) in [6.07, 6.45) is 1.70. The second-order valence-corrected chi connectivity index (χ2v) is 2.74. The van der Waals surface area contributed by atoms with E-state index in [-0.39, 0.29) is 0 Å². The normalized spacial score (nSPS) is 8.79. The average Bonchev–Trinajstić information content (AvgIpc) is 2.26. The summed E-state index contributed by atoms with van der Waals surface area (Å²) in [5.74, 6) is 5.06. The van der Waals surface area contributed by atoms with Crippen LogP contribution in [0.1, 0.15) is 5.69 Å². The topological polar surface area (TPSA) is 36.7 Å². The first-order chi connectivity index (χ1) is 6.92. The van der Waals surface area contributed by atoms with Gasteiger partial charge in [0.15, 0.2) is 6.07 Å². The third kappa shape index (κ3) is 1.42. The van der Waals surface area contributed by atoms with Crippen LogP contribution in [0.5, 0.6) is 0 Å². The minimum absolute atomic E-state index is 0.657. The molecule has 2 heteroatoms.